The molecule has 2 rings (SSSR count). The molecule has 1 aromatic carbocycles. The van der Waals surface area contributed by atoms with E-state index in [0.717, 1.165) is 35.3 Å². The van der Waals surface area contributed by atoms with Gasteiger partial charge in [0.1, 0.15) is 17.3 Å². The largest absolute Gasteiger partial charge is 0.497 e. The fraction of sp³-hybridized carbons (Fsp3) is 0.375. The van der Waals surface area contributed by atoms with E-state index in [2.05, 4.69) is 6.92 Å². The molecule has 19 heavy (non-hydrogen) atoms. The minimum atomic E-state index is -0.162. The predicted molar refractivity (Wildman–Crippen MR) is 74.6 cm³/mol. The number of benzene rings is 1. The molecule has 1 aliphatic rings. The van der Waals surface area contributed by atoms with Crippen LogP contribution in [0, 0.1) is 5.82 Å². The van der Waals surface area contributed by atoms with Gasteiger partial charge in [0, 0.05) is 5.56 Å². The van der Waals surface area contributed by atoms with E-state index in [4.69, 9.17) is 9.47 Å². The van der Waals surface area contributed by atoms with Crippen LogP contribution in [0.25, 0.3) is 6.08 Å². The second kappa shape index (κ2) is 5.91. The minimum Gasteiger partial charge on any atom is -0.497 e. The molecular formula is C16H19FO2. The average Bonchev–Trinajstić information content (AvgIpc) is 2.45. The van der Waals surface area contributed by atoms with E-state index in [9.17, 15) is 4.39 Å². The second-order valence-corrected chi connectivity index (χ2v) is 4.49. The normalized spacial score (nSPS) is 14.7. The Labute approximate surface area is 113 Å². The third kappa shape index (κ3) is 2.65. The maximum absolute atomic E-state index is 13.8. The maximum Gasteiger partial charge on any atom is 0.127 e. The molecule has 0 atom stereocenters. The van der Waals surface area contributed by atoms with Gasteiger partial charge in [-0.3, -0.25) is 0 Å². The van der Waals surface area contributed by atoms with Crippen LogP contribution in [-0.2, 0) is 11.2 Å². The standard InChI is InChI=1S/C16H19FO2/c1-4-5-15(18-2)11-6-7-12-13(10-11)16(19-3)9-8-14(12)17/h5,8-10H,4,6-7H2,1-3H3/b15-5+. The molecule has 0 aromatic heterocycles. The molecule has 0 spiro atoms. The number of ether oxygens (including phenoxy) is 2. The lowest BCUT2D eigenvalue weighted by atomic mass is 9.90. The highest BCUT2D eigenvalue weighted by Gasteiger charge is 2.20. The molecule has 0 saturated heterocycles. The van der Waals surface area contributed by atoms with E-state index in [-0.39, 0.29) is 5.82 Å². The van der Waals surface area contributed by atoms with E-state index in [1.54, 1.807) is 20.3 Å². The Morgan fingerprint density at radius 3 is 2.74 bits per heavy atom. The van der Waals surface area contributed by atoms with E-state index < -0.39 is 0 Å². The molecule has 0 radical (unpaired) electrons. The Balaban J connectivity index is 2.49. The van der Waals surface area contributed by atoms with Crippen molar-refractivity contribution in [1.82, 2.24) is 0 Å². The molecular weight excluding hydrogens is 243 g/mol. The molecule has 0 amide bonds. The Morgan fingerprint density at radius 1 is 1.32 bits per heavy atom. The molecule has 1 aromatic rings. The van der Waals surface area contributed by atoms with Gasteiger partial charge >= 0.3 is 0 Å². The lowest BCUT2D eigenvalue weighted by Crippen LogP contribution is -2.06. The Morgan fingerprint density at radius 2 is 2.11 bits per heavy atom. The van der Waals surface area contributed by atoms with E-state index in [1.807, 2.05) is 12.2 Å². The van der Waals surface area contributed by atoms with Crippen molar-refractivity contribution >= 4 is 6.08 Å². The van der Waals surface area contributed by atoms with Crippen LogP contribution in [0.2, 0.25) is 0 Å². The van der Waals surface area contributed by atoms with E-state index >= 15 is 0 Å². The molecule has 0 heterocycles. The molecule has 1 aliphatic carbocycles. The number of allylic oxidation sites excluding steroid dienone is 2. The number of hydrogen-bond donors (Lipinski definition) is 0. The average molecular weight is 262 g/mol. The van der Waals surface area contributed by atoms with Gasteiger partial charge in [0.2, 0.25) is 0 Å². The lowest BCUT2D eigenvalue weighted by molar-refractivity contribution is 0.297. The quantitative estimate of drug-likeness (QED) is 0.760. The number of halogens is 1. The van der Waals surface area contributed by atoms with Gasteiger partial charge < -0.3 is 9.47 Å². The van der Waals surface area contributed by atoms with Crippen LogP contribution < -0.4 is 4.74 Å². The number of rotatable bonds is 4. The summed E-state index contributed by atoms with van der Waals surface area (Å²) < 4.78 is 24.5. The zero-order valence-corrected chi connectivity index (χ0v) is 11.6. The van der Waals surface area contributed by atoms with Crippen molar-refractivity contribution in [3.63, 3.8) is 0 Å². The third-order valence-corrected chi connectivity index (χ3v) is 3.37. The summed E-state index contributed by atoms with van der Waals surface area (Å²) in [6.07, 6.45) is 6.40. The molecule has 0 bridgehead atoms. The minimum absolute atomic E-state index is 0.162. The zero-order valence-electron chi connectivity index (χ0n) is 11.6. The van der Waals surface area contributed by atoms with Crippen molar-refractivity contribution in [1.29, 1.82) is 0 Å². The van der Waals surface area contributed by atoms with Crippen molar-refractivity contribution in [2.75, 3.05) is 14.2 Å². The van der Waals surface area contributed by atoms with Crippen LogP contribution in [0.5, 0.6) is 5.75 Å². The van der Waals surface area contributed by atoms with Gasteiger partial charge in [-0.1, -0.05) is 6.92 Å². The smallest absolute Gasteiger partial charge is 0.127 e. The van der Waals surface area contributed by atoms with Gasteiger partial charge in [-0.25, -0.2) is 4.39 Å². The van der Waals surface area contributed by atoms with Crippen molar-refractivity contribution < 1.29 is 13.9 Å². The summed E-state index contributed by atoms with van der Waals surface area (Å²) in [7, 11) is 3.27. The first-order valence-electron chi connectivity index (χ1n) is 6.51. The lowest BCUT2D eigenvalue weighted by Gasteiger charge is -2.20. The SMILES string of the molecule is CC/C=C(/OC)C1=Cc2c(OC)ccc(F)c2CC1. The monoisotopic (exact) mass is 262 g/mol. The van der Waals surface area contributed by atoms with Gasteiger partial charge in [-0.15, -0.1) is 0 Å². The van der Waals surface area contributed by atoms with Crippen LogP contribution in [-0.4, -0.2) is 14.2 Å². The fourth-order valence-electron chi connectivity index (χ4n) is 2.44. The van der Waals surface area contributed by atoms with Gasteiger partial charge in [0.05, 0.1) is 14.2 Å². The topological polar surface area (TPSA) is 18.5 Å². The first kappa shape index (κ1) is 13.7. The molecule has 3 heteroatoms. The van der Waals surface area contributed by atoms with Crippen molar-refractivity contribution in [3.8, 4) is 5.75 Å². The van der Waals surface area contributed by atoms with Crippen molar-refractivity contribution in [2.45, 2.75) is 26.2 Å². The summed E-state index contributed by atoms with van der Waals surface area (Å²) >= 11 is 0. The highest BCUT2D eigenvalue weighted by atomic mass is 19.1. The number of fused-ring (bicyclic) bond motifs is 1. The van der Waals surface area contributed by atoms with Crippen LogP contribution >= 0.6 is 0 Å². The van der Waals surface area contributed by atoms with Crippen molar-refractivity contribution in [3.05, 3.63) is 46.5 Å². The molecule has 0 N–H and O–H groups in total. The highest BCUT2D eigenvalue weighted by Crippen LogP contribution is 2.35. The van der Waals surface area contributed by atoms with Crippen LogP contribution in [0.1, 0.15) is 30.9 Å². The molecule has 102 valence electrons. The van der Waals surface area contributed by atoms with Gasteiger partial charge in [0.25, 0.3) is 0 Å². The van der Waals surface area contributed by atoms with E-state index in [1.165, 1.54) is 6.07 Å². The van der Waals surface area contributed by atoms with Gasteiger partial charge in [-0.05, 0) is 54.7 Å². The first-order valence-corrected chi connectivity index (χ1v) is 6.51. The Kier molecular flexibility index (Phi) is 4.25. The summed E-state index contributed by atoms with van der Waals surface area (Å²) in [5, 5.41) is 0. The summed E-state index contributed by atoms with van der Waals surface area (Å²) in [6.45, 7) is 2.07. The summed E-state index contributed by atoms with van der Waals surface area (Å²) in [4.78, 5) is 0. The zero-order chi connectivity index (χ0) is 13.8. The summed E-state index contributed by atoms with van der Waals surface area (Å²) in [5.41, 5.74) is 2.67. The predicted octanol–water partition coefficient (Wildman–Crippen LogP) is 4.10. The van der Waals surface area contributed by atoms with E-state index in [0.29, 0.717) is 12.2 Å². The van der Waals surface area contributed by atoms with Crippen LogP contribution in [0.4, 0.5) is 4.39 Å². The Hall–Kier alpha value is -1.77. The molecule has 0 fully saturated rings. The maximum atomic E-state index is 13.8. The molecule has 0 unspecified atom stereocenters. The summed E-state index contributed by atoms with van der Waals surface area (Å²) in [5.74, 6) is 1.42. The molecule has 0 aliphatic heterocycles. The van der Waals surface area contributed by atoms with Crippen LogP contribution in [0.3, 0.4) is 0 Å². The fourth-order valence-corrected chi connectivity index (χ4v) is 2.44. The molecule has 2 nitrogen and oxygen atoms in total. The third-order valence-electron chi connectivity index (χ3n) is 3.37. The first-order chi connectivity index (χ1) is 9.21. The number of hydrogen-bond acceptors (Lipinski definition) is 2. The van der Waals surface area contributed by atoms with Gasteiger partial charge in [-0.2, -0.15) is 0 Å². The number of methoxy groups -OCH3 is 2. The Bertz CT molecular complexity index is 530. The summed E-state index contributed by atoms with van der Waals surface area (Å²) in [6, 6.07) is 3.14. The van der Waals surface area contributed by atoms with Crippen molar-refractivity contribution in [2.24, 2.45) is 0 Å². The second-order valence-electron chi connectivity index (χ2n) is 4.49. The van der Waals surface area contributed by atoms with Gasteiger partial charge in [0.15, 0.2) is 0 Å². The van der Waals surface area contributed by atoms with Crippen LogP contribution in [0.15, 0.2) is 29.5 Å². The molecule has 0 saturated carbocycles. The highest BCUT2D eigenvalue weighted by molar-refractivity contribution is 5.68.